The fraction of sp³-hybridized carbons (Fsp3) is 0. The molecule has 0 saturated carbocycles. The van der Waals surface area contributed by atoms with E-state index in [4.69, 9.17) is 5.84 Å². The average Bonchev–Trinajstić information content (AvgIpc) is 2.72. The van der Waals surface area contributed by atoms with Crippen LogP contribution in [0.1, 0.15) is 5.56 Å². The second-order valence-corrected chi connectivity index (χ2v) is 2.85. The molecule has 0 aliphatic heterocycles. The molecule has 0 bridgehead atoms. The predicted molar refractivity (Wildman–Crippen MR) is 55.8 cm³/mol. The van der Waals surface area contributed by atoms with Gasteiger partial charge in [-0.1, -0.05) is 24.3 Å². The van der Waals surface area contributed by atoms with Crippen molar-refractivity contribution in [1.82, 2.24) is 10.2 Å². The minimum atomic E-state index is 0.983. The van der Waals surface area contributed by atoms with Crippen molar-refractivity contribution < 1.29 is 0 Å². The van der Waals surface area contributed by atoms with E-state index in [1.807, 2.05) is 30.5 Å². The van der Waals surface area contributed by atoms with Crippen LogP contribution in [0.5, 0.6) is 0 Å². The van der Waals surface area contributed by atoms with Gasteiger partial charge in [0.05, 0.1) is 12.4 Å². The van der Waals surface area contributed by atoms with Crippen LogP contribution in [0.2, 0.25) is 0 Å². The summed E-state index contributed by atoms with van der Waals surface area (Å²) < 4.78 is 0. The Balaban J connectivity index is 2.52. The number of nitrogens with zero attached hydrogens (tertiary/aromatic N) is 2. The van der Waals surface area contributed by atoms with Crippen LogP contribution >= 0.6 is 0 Å². The molecule has 0 aliphatic carbocycles. The van der Waals surface area contributed by atoms with Gasteiger partial charge in [0.1, 0.15) is 0 Å². The quantitative estimate of drug-likeness (QED) is 0.422. The van der Waals surface area contributed by atoms with Gasteiger partial charge in [-0.2, -0.15) is 10.2 Å². The zero-order chi connectivity index (χ0) is 9.80. The van der Waals surface area contributed by atoms with E-state index in [0.717, 1.165) is 16.7 Å². The Kier molecular flexibility index (Phi) is 2.27. The summed E-state index contributed by atoms with van der Waals surface area (Å²) in [5.41, 5.74) is 3.08. The Labute approximate surface area is 81.5 Å². The normalized spacial score (nSPS) is 10.9. The Morgan fingerprint density at radius 1 is 1.36 bits per heavy atom. The monoisotopic (exact) mass is 186 g/mol. The first-order chi connectivity index (χ1) is 6.92. The molecule has 4 nitrogen and oxygen atoms in total. The lowest BCUT2D eigenvalue weighted by Crippen LogP contribution is -1.89. The highest BCUT2D eigenvalue weighted by molar-refractivity contribution is 5.89. The number of aromatic nitrogens is 2. The van der Waals surface area contributed by atoms with Crippen LogP contribution in [0.25, 0.3) is 11.1 Å². The zero-order valence-corrected chi connectivity index (χ0v) is 7.51. The molecule has 0 aliphatic rings. The third-order valence-corrected chi connectivity index (χ3v) is 1.98. The summed E-state index contributed by atoms with van der Waals surface area (Å²) in [6.07, 6.45) is 5.23. The van der Waals surface area contributed by atoms with E-state index >= 15 is 0 Å². The summed E-state index contributed by atoms with van der Waals surface area (Å²) in [5.74, 6) is 5.13. The van der Waals surface area contributed by atoms with E-state index in [-0.39, 0.29) is 0 Å². The van der Waals surface area contributed by atoms with Crippen LogP contribution in [0, 0.1) is 0 Å². The number of benzene rings is 1. The molecule has 14 heavy (non-hydrogen) atoms. The van der Waals surface area contributed by atoms with Gasteiger partial charge in [0, 0.05) is 17.3 Å². The van der Waals surface area contributed by atoms with Gasteiger partial charge in [-0.05, 0) is 5.56 Å². The van der Waals surface area contributed by atoms with Crippen molar-refractivity contribution in [3.8, 4) is 11.1 Å². The van der Waals surface area contributed by atoms with Gasteiger partial charge in [0.2, 0.25) is 0 Å². The molecule has 1 aromatic carbocycles. The molecule has 2 aromatic rings. The van der Waals surface area contributed by atoms with Gasteiger partial charge in [-0.3, -0.25) is 5.10 Å². The highest BCUT2D eigenvalue weighted by atomic mass is 15.1. The fourth-order valence-corrected chi connectivity index (χ4v) is 1.35. The smallest absolute Gasteiger partial charge is 0.0566 e. The Hall–Kier alpha value is -2.10. The molecule has 3 N–H and O–H groups in total. The molecule has 2 rings (SSSR count). The molecule has 4 heteroatoms. The topological polar surface area (TPSA) is 67.1 Å². The van der Waals surface area contributed by atoms with E-state index in [9.17, 15) is 0 Å². The van der Waals surface area contributed by atoms with Crippen LogP contribution in [-0.2, 0) is 0 Å². The number of hydrazone groups is 1. The molecule has 0 unspecified atom stereocenters. The number of aromatic amines is 1. The first-order valence-corrected chi connectivity index (χ1v) is 4.23. The van der Waals surface area contributed by atoms with E-state index in [1.54, 1.807) is 12.4 Å². The maximum absolute atomic E-state index is 5.13. The standard InChI is InChI=1S/C10H10N4/c11-12-5-8-3-1-2-4-10(8)9-6-13-14-7-9/h1-7H,11H2,(H,13,14). The molecule has 0 fully saturated rings. The van der Waals surface area contributed by atoms with Crippen LogP contribution in [0.3, 0.4) is 0 Å². The summed E-state index contributed by atoms with van der Waals surface area (Å²) in [4.78, 5) is 0. The molecule has 1 heterocycles. The molecule has 70 valence electrons. The van der Waals surface area contributed by atoms with Crippen molar-refractivity contribution in [3.05, 3.63) is 42.2 Å². The minimum absolute atomic E-state index is 0.983. The van der Waals surface area contributed by atoms with Crippen molar-refractivity contribution in [3.63, 3.8) is 0 Å². The summed E-state index contributed by atoms with van der Waals surface area (Å²) in [5, 5.41) is 10.2. The van der Waals surface area contributed by atoms with Gasteiger partial charge in [0.25, 0.3) is 0 Å². The maximum atomic E-state index is 5.13. The zero-order valence-electron chi connectivity index (χ0n) is 7.51. The van der Waals surface area contributed by atoms with Gasteiger partial charge < -0.3 is 5.84 Å². The van der Waals surface area contributed by atoms with E-state index < -0.39 is 0 Å². The SMILES string of the molecule is NN=Cc1ccccc1-c1cn[nH]c1. The Morgan fingerprint density at radius 2 is 2.21 bits per heavy atom. The first kappa shape index (κ1) is 8.50. The third-order valence-electron chi connectivity index (χ3n) is 1.98. The third kappa shape index (κ3) is 1.50. The van der Waals surface area contributed by atoms with Gasteiger partial charge >= 0.3 is 0 Å². The lowest BCUT2D eigenvalue weighted by molar-refractivity contribution is 1.09. The number of rotatable bonds is 2. The van der Waals surface area contributed by atoms with E-state index in [2.05, 4.69) is 15.3 Å². The molecular formula is C10H10N4. The lowest BCUT2D eigenvalue weighted by Gasteiger charge is -2.00. The number of nitrogens with one attached hydrogen (secondary N) is 1. The molecule has 0 atom stereocenters. The van der Waals surface area contributed by atoms with Crippen molar-refractivity contribution in [1.29, 1.82) is 0 Å². The summed E-state index contributed by atoms with van der Waals surface area (Å²) in [7, 11) is 0. The highest BCUT2D eigenvalue weighted by Gasteiger charge is 2.02. The number of H-pyrrole nitrogens is 1. The van der Waals surface area contributed by atoms with E-state index in [1.165, 1.54) is 0 Å². The van der Waals surface area contributed by atoms with Crippen molar-refractivity contribution in [2.75, 3.05) is 0 Å². The van der Waals surface area contributed by atoms with Gasteiger partial charge in [-0.25, -0.2) is 0 Å². The number of hydrogen-bond donors (Lipinski definition) is 2. The second kappa shape index (κ2) is 3.74. The molecule has 0 spiro atoms. The maximum Gasteiger partial charge on any atom is 0.0566 e. The molecule has 0 amide bonds. The predicted octanol–water partition coefficient (Wildman–Crippen LogP) is 1.37. The van der Waals surface area contributed by atoms with Gasteiger partial charge in [-0.15, -0.1) is 0 Å². The van der Waals surface area contributed by atoms with Crippen LogP contribution in [0.4, 0.5) is 0 Å². The minimum Gasteiger partial charge on any atom is -0.323 e. The van der Waals surface area contributed by atoms with Crippen molar-refractivity contribution >= 4 is 6.21 Å². The summed E-state index contributed by atoms with van der Waals surface area (Å²) in [6.45, 7) is 0. The largest absolute Gasteiger partial charge is 0.323 e. The molecule has 1 aromatic heterocycles. The lowest BCUT2D eigenvalue weighted by atomic mass is 10.0. The van der Waals surface area contributed by atoms with Crippen molar-refractivity contribution in [2.24, 2.45) is 10.9 Å². The fourth-order valence-electron chi connectivity index (χ4n) is 1.35. The van der Waals surface area contributed by atoms with E-state index in [0.29, 0.717) is 0 Å². The van der Waals surface area contributed by atoms with Crippen LogP contribution in [-0.4, -0.2) is 16.4 Å². The highest BCUT2D eigenvalue weighted by Crippen LogP contribution is 2.20. The Morgan fingerprint density at radius 3 is 2.93 bits per heavy atom. The number of hydrogen-bond acceptors (Lipinski definition) is 3. The van der Waals surface area contributed by atoms with Crippen LogP contribution in [0.15, 0.2) is 41.8 Å². The van der Waals surface area contributed by atoms with Gasteiger partial charge in [0.15, 0.2) is 0 Å². The molecular weight excluding hydrogens is 176 g/mol. The molecule has 0 saturated heterocycles. The summed E-state index contributed by atoms with van der Waals surface area (Å²) in [6, 6.07) is 7.87. The second-order valence-electron chi connectivity index (χ2n) is 2.85. The summed E-state index contributed by atoms with van der Waals surface area (Å²) >= 11 is 0. The number of nitrogens with two attached hydrogens (primary N) is 1. The first-order valence-electron chi connectivity index (χ1n) is 4.23. The van der Waals surface area contributed by atoms with Crippen LogP contribution < -0.4 is 5.84 Å². The molecule has 0 radical (unpaired) electrons. The van der Waals surface area contributed by atoms with Crippen molar-refractivity contribution in [2.45, 2.75) is 0 Å². The average molecular weight is 186 g/mol. The Bertz CT molecular complexity index is 431.